The molecule has 32 heavy (non-hydrogen) atoms. The van der Waals surface area contributed by atoms with Crippen LogP contribution in [0.15, 0.2) is 73.0 Å². The van der Waals surface area contributed by atoms with Gasteiger partial charge in [-0.3, -0.25) is 29.9 Å². The van der Waals surface area contributed by atoms with Gasteiger partial charge in [0.1, 0.15) is 5.57 Å². The van der Waals surface area contributed by atoms with Crippen molar-refractivity contribution in [2.45, 2.75) is 6.54 Å². The van der Waals surface area contributed by atoms with E-state index in [2.05, 4.69) is 11.9 Å². The number of rotatable bonds is 6. The molecule has 1 aromatic heterocycles. The Morgan fingerprint density at radius 1 is 1.16 bits per heavy atom. The zero-order chi connectivity index (χ0) is 22.8. The number of carbonyl (C=O) groups excluding carboxylic acids is 2. The lowest BCUT2D eigenvalue weighted by Gasteiger charge is -2.27. The van der Waals surface area contributed by atoms with E-state index in [9.17, 15) is 19.7 Å². The van der Waals surface area contributed by atoms with Crippen molar-refractivity contribution in [2.24, 2.45) is 0 Å². The van der Waals surface area contributed by atoms with Crippen molar-refractivity contribution in [3.8, 4) is 0 Å². The number of aromatic nitrogens is 1. The van der Waals surface area contributed by atoms with Crippen LogP contribution in [-0.4, -0.2) is 37.9 Å². The van der Waals surface area contributed by atoms with E-state index in [0.29, 0.717) is 12.1 Å². The quantitative estimate of drug-likeness (QED) is 0.156. The molecule has 2 amide bonds. The largest absolute Gasteiger partial charge is 0.342 e. The first-order chi connectivity index (χ1) is 15.4. The number of hydrogen-bond acceptors (Lipinski definition) is 5. The van der Waals surface area contributed by atoms with Crippen molar-refractivity contribution in [2.75, 3.05) is 6.54 Å². The van der Waals surface area contributed by atoms with E-state index in [4.69, 9.17) is 12.2 Å². The third-order valence-electron chi connectivity index (χ3n) is 5.09. The number of hydrogen-bond donors (Lipinski definition) is 1. The predicted octanol–water partition coefficient (Wildman–Crippen LogP) is 3.41. The molecule has 0 saturated carbocycles. The molecule has 4 rings (SSSR count). The molecular weight excluding hydrogens is 428 g/mol. The van der Waals surface area contributed by atoms with E-state index in [-0.39, 0.29) is 22.9 Å². The van der Waals surface area contributed by atoms with Gasteiger partial charge < -0.3 is 4.57 Å². The van der Waals surface area contributed by atoms with Crippen molar-refractivity contribution in [1.82, 2.24) is 14.8 Å². The Kier molecular flexibility index (Phi) is 5.65. The van der Waals surface area contributed by atoms with Gasteiger partial charge in [-0.05, 0) is 29.9 Å². The number of nitro benzene ring substituents is 1. The molecule has 0 radical (unpaired) electrons. The minimum absolute atomic E-state index is 0.0176. The van der Waals surface area contributed by atoms with E-state index in [1.54, 1.807) is 12.1 Å². The summed E-state index contributed by atoms with van der Waals surface area (Å²) in [5, 5.41) is 14.5. The summed E-state index contributed by atoms with van der Waals surface area (Å²) in [4.78, 5) is 37.3. The van der Waals surface area contributed by atoms with E-state index in [1.165, 1.54) is 23.1 Å². The Labute approximate surface area is 188 Å². The Morgan fingerprint density at radius 3 is 2.69 bits per heavy atom. The minimum atomic E-state index is -0.559. The minimum Gasteiger partial charge on any atom is -0.342 e. The maximum absolute atomic E-state index is 12.9. The molecule has 0 unspecified atom stereocenters. The zero-order valence-corrected chi connectivity index (χ0v) is 17.7. The van der Waals surface area contributed by atoms with Crippen LogP contribution in [0.1, 0.15) is 11.1 Å². The van der Waals surface area contributed by atoms with E-state index >= 15 is 0 Å². The molecule has 9 heteroatoms. The lowest BCUT2D eigenvalue weighted by atomic mass is 10.1. The Hall–Kier alpha value is -4.11. The Morgan fingerprint density at radius 2 is 1.94 bits per heavy atom. The number of amides is 2. The van der Waals surface area contributed by atoms with Crippen LogP contribution in [0, 0.1) is 10.1 Å². The summed E-state index contributed by atoms with van der Waals surface area (Å²) in [6.45, 7) is 4.19. The molecule has 2 heterocycles. The number of carbonyl (C=O) groups is 2. The maximum Gasteiger partial charge on any atom is 0.269 e. The first-order valence-corrected chi connectivity index (χ1v) is 10.1. The number of non-ortho nitro benzene ring substituents is 1. The molecule has 1 aliphatic heterocycles. The number of nitro groups is 1. The number of para-hydroxylation sites is 1. The molecule has 3 aromatic rings. The van der Waals surface area contributed by atoms with Crippen molar-refractivity contribution in [3.05, 3.63) is 94.2 Å². The third kappa shape index (κ3) is 3.93. The van der Waals surface area contributed by atoms with Crippen LogP contribution >= 0.6 is 12.2 Å². The van der Waals surface area contributed by atoms with Crippen LogP contribution in [0.4, 0.5) is 5.69 Å². The molecule has 160 valence electrons. The molecule has 8 nitrogen and oxygen atoms in total. The predicted molar refractivity (Wildman–Crippen MR) is 125 cm³/mol. The highest BCUT2D eigenvalue weighted by Gasteiger charge is 2.32. The number of nitrogens with zero attached hydrogens (tertiary/aromatic N) is 3. The third-order valence-corrected chi connectivity index (χ3v) is 5.41. The summed E-state index contributed by atoms with van der Waals surface area (Å²) < 4.78 is 1.93. The molecule has 1 aliphatic rings. The van der Waals surface area contributed by atoms with Gasteiger partial charge in [0.05, 0.1) is 4.92 Å². The second-order valence-electron chi connectivity index (χ2n) is 7.18. The van der Waals surface area contributed by atoms with Gasteiger partial charge in [-0.2, -0.15) is 0 Å². The van der Waals surface area contributed by atoms with Gasteiger partial charge >= 0.3 is 0 Å². The molecule has 2 aromatic carbocycles. The second kappa shape index (κ2) is 8.56. The van der Waals surface area contributed by atoms with Gasteiger partial charge in [-0.1, -0.05) is 36.4 Å². The maximum atomic E-state index is 12.9. The SMILES string of the molecule is C=CCN1C(=O)/C(=C/c2cn(Cc3cccc([N+](=O)[O-])c3)c3ccccc23)C(=O)NC1=S. The summed E-state index contributed by atoms with van der Waals surface area (Å²) in [5.74, 6) is -1.05. The molecule has 0 spiro atoms. The fraction of sp³-hybridized carbons (Fsp3) is 0.0870. The average molecular weight is 446 g/mol. The number of fused-ring (bicyclic) bond motifs is 1. The molecule has 0 atom stereocenters. The van der Waals surface area contributed by atoms with Crippen LogP contribution in [0.2, 0.25) is 0 Å². The normalized spacial score (nSPS) is 15.3. The Bertz CT molecular complexity index is 1320. The van der Waals surface area contributed by atoms with Crippen LogP contribution in [0.5, 0.6) is 0 Å². The standard InChI is InChI=1S/C23H18N4O4S/c1-2-10-26-22(29)19(21(28)24-23(26)32)12-16-14-25(20-9-4-3-8-18(16)20)13-15-6-5-7-17(11-15)27(30)31/h2-9,11-12,14H,1,10,13H2,(H,24,28,32)/b19-12+. The van der Waals surface area contributed by atoms with Gasteiger partial charge in [0, 0.05) is 47.9 Å². The smallest absolute Gasteiger partial charge is 0.269 e. The van der Waals surface area contributed by atoms with Gasteiger partial charge in [0.25, 0.3) is 17.5 Å². The van der Waals surface area contributed by atoms with E-state index < -0.39 is 16.7 Å². The lowest BCUT2D eigenvalue weighted by Crippen LogP contribution is -2.53. The highest BCUT2D eigenvalue weighted by molar-refractivity contribution is 7.80. The second-order valence-corrected chi connectivity index (χ2v) is 7.56. The number of nitrogens with one attached hydrogen (secondary N) is 1. The summed E-state index contributed by atoms with van der Waals surface area (Å²) in [5.41, 5.74) is 2.29. The first kappa shape index (κ1) is 21.1. The van der Waals surface area contributed by atoms with Crippen molar-refractivity contribution in [3.63, 3.8) is 0 Å². The van der Waals surface area contributed by atoms with Crippen molar-refractivity contribution in [1.29, 1.82) is 0 Å². The van der Waals surface area contributed by atoms with Crippen molar-refractivity contribution < 1.29 is 14.5 Å². The highest BCUT2D eigenvalue weighted by atomic mass is 32.1. The van der Waals surface area contributed by atoms with Gasteiger partial charge in [-0.15, -0.1) is 6.58 Å². The molecule has 1 saturated heterocycles. The van der Waals surface area contributed by atoms with Crippen LogP contribution < -0.4 is 5.32 Å². The molecule has 1 N–H and O–H groups in total. The van der Waals surface area contributed by atoms with Crippen LogP contribution in [0.25, 0.3) is 17.0 Å². The molecule has 0 bridgehead atoms. The van der Waals surface area contributed by atoms with E-state index in [0.717, 1.165) is 16.5 Å². The fourth-order valence-corrected chi connectivity index (χ4v) is 3.88. The summed E-state index contributed by atoms with van der Waals surface area (Å²) in [6, 6.07) is 14.0. The van der Waals surface area contributed by atoms with Gasteiger partial charge in [0.2, 0.25) is 0 Å². The topological polar surface area (TPSA) is 97.5 Å². The highest BCUT2D eigenvalue weighted by Crippen LogP contribution is 2.26. The van der Waals surface area contributed by atoms with Gasteiger partial charge in [-0.25, -0.2) is 0 Å². The Balaban J connectivity index is 1.76. The van der Waals surface area contributed by atoms with E-state index in [1.807, 2.05) is 41.1 Å². The van der Waals surface area contributed by atoms with Gasteiger partial charge in [0.15, 0.2) is 5.11 Å². The zero-order valence-electron chi connectivity index (χ0n) is 16.9. The first-order valence-electron chi connectivity index (χ1n) is 9.70. The average Bonchev–Trinajstić information content (AvgIpc) is 3.11. The molecule has 1 fully saturated rings. The molecule has 0 aliphatic carbocycles. The van der Waals surface area contributed by atoms with Crippen LogP contribution in [0.3, 0.4) is 0 Å². The van der Waals surface area contributed by atoms with Crippen LogP contribution in [-0.2, 0) is 16.1 Å². The molecular formula is C23H18N4O4S. The lowest BCUT2D eigenvalue weighted by molar-refractivity contribution is -0.384. The summed E-state index contributed by atoms with van der Waals surface area (Å²) in [7, 11) is 0. The number of benzene rings is 2. The summed E-state index contributed by atoms with van der Waals surface area (Å²) in [6.07, 6.45) is 4.90. The monoisotopic (exact) mass is 446 g/mol. The number of thiocarbonyl (C=S) groups is 1. The van der Waals surface area contributed by atoms with Crippen molar-refractivity contribution >= 4 is 51.8 Å². The fourth-order valence-electron chi connectivity index (χ4n) is 3.63. The summed E-state index contributed by atoms with van der Waals surface area (Å²) >= 11 is 5.09.